The molecule has 0 fully saturated rings. The summed E-state index contributed by atoms with van der Waals surface area (Å²) in [5.41, 5.74) is 1.73. The third kappa shape index (κ3) is 5.23. The first kappa shape index (κ1) is 25.6. The van der Waals surface area contributed by atoms with Gasteiger partial charge in [0.25, 0.3) is 10.9 Å². The Labute approximate surface area is 214 Å². The molecule has 0 aliphatic rings. The molecule has 4 rings (SSSR count). The lowest BCUT2D eigenvalue weighted by Gasteiger charge is -2.27. The van der Waals surface area contributed by atoms with Crippen LogP contribution in [0.4, 0.5) is 22.9 Å². The molecule has 0 aliphatic carbocycles. The number of hydrogen-bond donors (Lipinski definition) is 2. The molecule has 3 aromatic carbocycles. The van der Waals surface area contributed by atoms with E-state index in [4.69, 9.17) is 9.47 Å². The van der Waals surface area contributed by atoms with E-state index >= 15 is 0 Å². The zero-order valence-corrected chi connectivity index (χ0v) is 21.2. The number of carbonyl (C=O) groups is 1. The zero-order chi connectivity index (χ0) is 26.5. The maximum Gasteiger partial charge on any atom is 0.328 e. The monoisotopic (exact) mass is 503 g/mol. The molecular formula is C27H29N5O5. The number of fused-ring (bicyclic) bond motifs is 1. The van der Waals surface area contributed by atoms with Crippen molar-refractivity contribution in [3.05, 3.63) is 74.8 Å². The molecule has 0 unspecified atom stereocenters. The van der Waals surface area contributed by atoms with Gasteiger partial charge in [0.2, 0.25) is 0 Å². The molecule has 10 heteroatoms. The lowest BCUT2D eigenvalue weighted by molar-refractivity contribution is -0.141. The predicted molar refractivity (Wildman–Crippen MR) is 144 cm³/mol. The van der Waals surface area contributed by atoms with Crippen molar-refractivity contribution in [2.45, 2.75) is 26.3 Å². The minimum atomic E-state index is -0.834. The average molecular weight is 504 g/mol. The highest BCUT2D eigenvalue weighted by Crippen LogP contribution is 2.27. The zero-order valence-electron chi connectivity index (χ0n) is 21.2. The maximum atomic E-state index is 12.5. The molecule has 2 N–H and O–H groups in total. The van der Waals surface area contributed by atoms with Crippen molar-refractivity contribution in [2.24, 2.45) is 0 Å². The van der Waals surface area contributed by atoms with Crippen LogP contribution in [0.5, 0.6) is 5.75 Å². The van der Waals surface area contributed by atoms with E-state index in [0.29, 0.717) is 30.3 Å². The van der Waals surface area contributed by atoms with Gasteiger partial charge in [0.15, 0.2) is 0 Å². The summed E-state index contributed by atoms with van der Waals surface area (Å²) >= 11 is 0. The molecule has 1 heterocycles. The fourth-order valence-corrected chi connectivity index (χ4v) is 4.22. The van der Waals surface area contributed by atoms with Crippen LogP contribution in [0.15, 0.2) is 58.4 Å². The van der Waals surface area contributed by atoms with E-state index in [1.54, 1.807) is 12.0 Å². The molecule has 0 aliphatic heterocycles. The summed E-state index contributed by atoms with van der Waals surface area (Å²) in [6.45, 7) is 4.94. The molecule has 0 amide bonds. The van der Waals surface area contributed by atoms with E-state index in [2.05, 4.69) is 20.6 Å². The van der Waals surface area contributed by atoms with Crippen molar-refractivity contribution in [2.75, 3.05) is 42.8 Å². The third-order valence-corrected chi connectivity index (χ3v) is 6.27. The number of aromatic nitrogens is 2. The Bertz CT molecular complexity index is 1470. The molecule has 37 heavy (non-hydrogen) atoms. The summed E-state index contributed by atoms with van der Waals surface area (Å²) in [5, 5.41) is 7.08. The predicted octanol–water partition coefficient (Wildman–Crippen LogP) is 3.02. The van der Waals surface area contributed by atoms with Crippen LogP contribution in [-0.2, 0) is 16.0 Å². The van der Waals surface area contributed by atoms with Crippen LogP contribution >= 0.6 is 0 Å². The molecule has 0 bridgehead atoms. The van der Waals surface area contributed by atoms with Crippen LogP contribution in [0, 0.1) is 0 Å². The lowest BCUT2D eigenvalue weighted by atomic mass is 10.0. The second-order valence-corrected chi connectivity index (χ2v) is 8.41. The number of ether oxygens (including phenoxy) is 2. The van der Waals surface area contributed by atoms with Crippen LogP contribution in [0.2, 0.25) is 0 Å². The summed E-state index contributed by atoms with van der Waals surface area (Å²) in [6.07, 6.45) is 1.75. The Balaban J connectivity index is 1.53. The Kier molecular flexibility index (Phi) is 7.66. The number of esters is 1. The van der Waals surface area contributed by atoms with E-state index < -0.39 is 22.9 Å². The van der Waals surface area contributed by atoms with Gasteiger partial charge < -0.3 is 25.0 Å². The van der Waals surface area contributed by atoms with E-state index in [-0.39, 0.29) is 12.1 Å². The molecule has 0 radical (unpaired) electrons. The van der Waals surface area contributed by atoms with E-state index in [9.17, 15) is 14.4 Å². The number of benzene rings is 2. The fourth-order valence-electron chi connectivity index (χ4n) is 4.22. The Morgan fingerprint density at radius 3 is 2.38 bits per heavy atom. The van der Waals surface area contributed by atoms with Crippen LogP contribution in [0.3, 0.4) is 0 Å². The quantitative estimate of drug-likeness (QED) is 0.233. The maximum absolute atomic E-state index is 12.5. The van der Waals surface area contributed by atoms with Gasteiger partial charge in [-0.1, -0.05) is 12.1 Å². The highest BCUT2D eigenvalue weighted by molar-refractivity contribution is 5.91. The minimum Gasteiger partial charge on any atom is -0.497 e. The van der Waals surface area contributed by atoms with Crippen LogP contribution in [-0.4, -0.2) is 49.3 Å². The van der Waals surface area contributed by atoms with Crippen molar-refractivity contribution < 1.29 is 14.3 Å². The topological polar surface area (TPSA) is 123 Å². The summed E-state index contributed by atoms with van der Waals surface area (Å²) in [7, 11) is 2.89. The van der Waals surface area contributed by atoms with E-state index in [1.807, 2.05) is 56.3 Å². The van der Waals surface area contributed by atoms with Gasteiger partial charge in [0.05, 0.1) is 19.7 Å². The number of carbonyl (C=O) groups excluding carboxylic acids is 1. The number of anilines is 4. The highest BCUT2D eigenvalue weighted by Gasteiger charge is 2.29. The molecule has 10 nitrogen and oxygen atoms in total. The fraction of sp³-hybridized carbons (Fsp3) is 0.296. The lowest BCUT2D eigenvalue weighted by Crippen LogP contribution is -2.46. The molecule has 0 saturated heterocycles. The van der Waals surface area contributed by atoms with Gasteiger partial charge in [0.1, 0.15) is 35.3 Å². The van der Waals surface area contributed by atoms with E-state index in [0.717, 1.165) is 22.2 Å². The molecular weight excluding hydrogens is 474 g/mol. The second-order valence-electron chi connectivity index (χ2n) is 8.41. The number of methoxy groups -OCH3 is 2. The Morgan fingerprint density at radius 1 is 1.00 bits per heavy atom. The molecule has 0 spiro atoms. The van der Waals surface area contributed by atoms with Crippen molar-refractivity contribution in [3.8, 4) is 5.75 Å². The van der Waals surface area contributed by atoms with Crippen LogP contribution < -0.4 is 31.1 Å². The van der Waals surface area contributed by atoms with Crippen molar-refractivity contribution in [3.63, 3.8) is 0 Å². The van der Waals surface area contributed by atoms with Crippen LogP contribution in [0.1, 0.15) is 19.4 Å². The van der Waals surface area contributed by atoms with Gasteiger partial charge >= 0.3 is 5.97 Å². The number of nitrogens with one attached hydrogen (secondary N) is 2. The van der Waals surface area contributed by atoms with Crippen molar-refractivity contribution in [1.29, 1.82) is 0 Å². The Hall–Kier alpha value is -4.47. The Morgan fingerprint density at radius 2 is 1.73 bits per heavy atom. The first-order chi connectivity index (χ1) is 17.9. The van der Waals surface area contributed by atoms with Gasteiger partial charge in [-0.2, -0.15) is 0 Å². The van der Waals surface area contributed by atoms with Gasteiger partial charge in [-0.05, 0) is 49.7 Å². The largest absolute Gasteiger partial charge is 0.497 e. The molecule has 0 saturated carbocycles. The van der Waals surface area contributed by atoms with Crippen molar-refractivity contribution >= 4 is 39.8 Å². The standard InChI is InChI=1S/C27H29N5O5/c1-5-32(6-2)23-22(24(33)25(23)34)31-21(27(35)37-4)13-16-7-9-17(10-8-16)30-26-19-14-18(36-3)11-12-20(19)28-15-29-26/h7-12,14-15,21,31H,5-6,13H2,1-4H3,(H,28,29,30)/t21-/m0/s1. The van der Waals surface area contributed by atoms with Crippen molar-refractivity contribution in [1.82, 2.24) is 9.97 Å². The normalized spacial score (nSPS) is 11.8. The first-order valence-electron chi connectivity index (χ1n) is 12.0. The highest BCUT2D eigenvalue weighted by atomic mass is 16.5. The first-order valence-corrected chi connectivity index (χ1v) is 12.0. The molecule has 4 aromatic rings. The smallest absolute Gasteiger partial charge is 0.328 e. The summed E-state index contributed by atoms with van der Waals surface area (Å²) in [4.78, 5) is 47.5. The van der Waals surface area contributed by atoms with Gasteiger partial charge in [0, 0.05) is 30.6 Å². The minimum absolute atomic E-state index is 0.161. The number of rotatable bonds is 11. The molecule has 1 atom stereocenters. The second kappa shape index (κ2) is 11.1. The molecule has 192 valence electrons. The number of nitrogens with zero attached hydrogens (tertiary/aromatic N) is 3. The summed E-state index contributed by atoms with van der Waals surface area (Å²) < 4.78 is 10.3. The summed E-state index contributed by atoms with van der Waals surface area (Å²) in [5.74, 6) is 0.810. The van der Waals surface area contributed by atoms with Crippen LogP contribution in [0.25, 0.3) is 10.9 Å². The summed E-state index contributed by atoms with van der Waals surface area (Å²) in [6, 6.07) is 12.2. The SMILES string of the molecule is CCN(CC)c1c(N[C@@H](Cc2ccc(Nc3ncnc4ccc(OC)cc34)cc2)C(=O)OC)c(=O)c1=O. The number of hydrogen-bond acceptors (Lipinski definition) is 10. The van der Waals surface area contributed by atoms with Gasteiger partial charge in [-0.15, -0.1) is 0 Å². The van der Waals surface area contributed by atoms with E-state index in [1.165, 1.54) is 13.4 Å². The molecule has 1 aromatic heterocycles. The third-order valence-electron chi connectivity index (χ3n) is 6.27. The van der Waals surface area contributed by atoms with Gasteiger partial charge in [-0.3, -0.25) is 9.59 Å². The average Bonchev–Trinajstić information content (AvgIpc) is 2.94. The van der Waals surface area contributed by atoms with Gasteiger partial charge in [-0.25, -0.2) is 14.8 Å².